The maximum absolute atomic E-state index is 11.9. The van der Waals surface area contributed by atoms with Crippen LogP contribution in [0.15, 0.2) is 42.4 Å². The molecule has 114 valence electrons. The van der Waals surface area contributed by atoms with E-state index >= 15 is 0 Å². The van der Waals surface area contributed by atoms with Gasteiger partial charge in [0.05, 0.1) is 18.5 Å². The predicted molar refractivity (Wildman–Crippen MR) is 86.9 cm³/mol. The van der Waals surface area contributed by atoms with Gasteiger partial charge < -0.3 is 4.74 Å². The highest BCUT2D eigenvalue weighted by Crippen LogP contribution is 2.30. The van der Waals surface area contributed by atoms with Crippen LogP contribution in [0, 0.1) is 0 Å². The van der Waals surface area contributed by atoms with Crippen LogP contribution in [0.2, 0.25) is 0 Å². The van der Waals surface area contributed by atoms with Gasteiger partial charge in [-0.2, -0.15) is 0 Å². The Morgan fingerprint density at radius 2 is 2.05 bits per heavy atom. The summed E-state index contributed by atoms with van der Waals surface area (Å²) in [6.07, 6.45) is 6.92. The standard InChI is InChI=1S/C16H18N2O3P/c1-4-21-16(19)12(2)9-15-10-14(11-18(15)22(3)20)13-5-7-17-8-6-13/h5-11H,4H2,1-3H3/q+1/b12-9+. The highest BCUT2D eigenvalue weighted by Gasteiger charge is 2.18. The van der Waals surface area contributed by atoms with Gasteiger partial charge in [0.1, 0.15) is 0 Å². The Bertz CT molecular complexity index is 720. The van der Waals surface area contributed by atoms with Crippen molar-refractivity contribution in [2.24, 2.45) is 0 Å². The van der Waals surface area contributed by atoms with E-state index in [9.17, 15) is 9.36 Å². The van der Waals surface area contributed by atoms with Crippen molar-refractivity contribution in [1.29, 1.82) is 0 Å². The Morgan fingerprint density at radius 3 is 2.64 bits per heavy atom. The number of aromatic nitrogens is 2. The lowest BCUT2D eigenvalue weighted by molar-refractivity contribution is -0.138. The zero-order valence-corrected chi connectivity index (χ0v) is 13.7. The van der Waals surface area contributed by atoms with Gasteiger partial charge in [0.25, 0.3) is 0 Å². The summed E-state index contributed by atoms with van der Waals surface area (Å²) >= 11 is 0. The molecule has 0 aliphatic rings. The fraction of sp³-hybridized carbons (Fsp3) is 0.250. The quantitative estimate of drug-likeness (QED) is 0.479. The summed E-state index contributed by atoms with van der Waals surface area (Å²) in [5, 5.41) is 0. The van der Waals surface area contributed by atoms with Crippen molar-refractivity contribution in [1.82, 2.24) is 9.32 Å². The Balaban J connectivity index is 2.43. The molecule has 0 aliphatic carbocycles. The largest absolute Gasteiger partial charge is 0.463 e. The molecule has 0 N–H and O–H groups in total. The van der Waals surface area contributed by atoms with E-state index in [1.54, 1.807) is 43.3 Å². The Kier molecular flexibility index (Phi) is 5.23. The van der Waals surface area contributed by atoms with Gasteiger partial charge >= 0.3 is 13.9 Å². The molecule has 0 aromatic carbocycles. The van der Waals surface area contributed by atoms with E-state index in [0.717, 1.165) is 11.1 Å². The second-order valence-electron chi connectivity index (χ2n) is 4.75. The molecular weight excluding hydrogens is 299 g/mol. The summed E-state index contributed by atoms with van der Waals surface area (Å²) in [7, 11) is -1.59. The van der Waals surface area contributed by atoms with Gasteiger partial charge in [-0.05, 0) is 48.3 Å². The molecule has 0 fully saturated rings. The number of carbonyl (C=O) groups is 1. The van der Waals surface area contributed by atoms with Gasteiger partial charge in [0.2, 0.25) is 0 Å². The van der Waals surface area contributed by atoms with Crippen LogP contribution in [0.25, 0.3) is 17.2 Å². The van der Waals surface area contributed by atoms with E-state index in [2.05, 4.69) is 4.98 Å². The highest BCUT2D eigenvalue weighted by molar-refractivity contribution is 7.42. The molecule has 0 amide bonds. The third-order valence-corrected chi connectivity index (χ3v) is 4.06. The van der Waals surface area contributed by atoms with Gasteiger partial charge in [-0.15, -0.1) is 4.34 Å². The molecule has 0 aliphatic heterocycles. The Hall–Kier alpha value is -2.26. The zero-order valence-electron chi connectivity index (χ0n) is 12.8. The van der Waals surface area contributed by atoms with Crippen molar-refractivity contribution in [3.63, 3.8) is 0 Å². The fourth-order valence-corrected chi connectivity index (χ4v) is 2.78. The molecule has 0 saturated carbocycles. The smallest absolute Gasteiger partial charge is 0.463 e. The van der Waals surface area contributed by atoms with Crippen molar-refractivity contribution >= 4 is 20.0 Å². The molecule has 1 unspecified atom stereocenters. The van der Waals surface area contributed by atoms with E-state index in [0.29, 0.717) is 17.9 Å². The number of ether oxygens (including phenoxy) is 1. The number of hydrogen-bond donors (Lipinski definition) is 0. The predicted octanol–water partition coefficient (Wildman–Crippen LogP) is 3.74. The molecule has 0 radical (unpaired) electrons. The minimum absolute atomic E-state index is 0.329. The second kappa shape index (κ2) is 7.14. The van der Waals surface area contributed by atoms with Crippen molar-refractivity contribution in [3.05, 3.63) is 48.1 Å². The number of carbonyl (C=O) groups excluding carboxylic acids is 1. The lowest BCUT2D eigenvalue weighted by atomic mass is 10.1. The first kappa shape index (κ1) is 16.1. The van der Waals surface area contributed by atoms with Gasteiger partial charge in [-0.3, -0.25) is 4.98 Å². The molecule has 2 aromatic heterocycles. The van der Waals surface area contributed by atoms with Gasteiger partial charge in [0.15, 0.2) is 6.66 Å². The van der Waals surface area contributed by atoms with Crippen molar-refractivity contribution in [2.75, 3.05) is 13.3 Å². The third-order valence-electron chi connectivity index (χ3n) is 3.11. The number of nitrogens with zero attached hydrogens (tertiary/aromatic N) is 2. The van der Waals surface area contributed by atoms with E-state index in [4.69, 9.17) is 4.74 Å². The minimum Gasteiger partial charge on any atom is -0.463 e. The van der Waals surface area contributed by atoms with Crippen LogP contribution >= 0.6 is 7.95 Å². The molecule has 2 heterocycles. The third kappa shape index (κ3) is 3.68. The molecule has 0 saturated heterocycles. The molecule has 1 atom stereocenters. The summed E-state index contributed by atoms with van der Waals surface area (Å²) in [5.74, 6) is -0.368. The summed E-state index contributed by atoms with van der Waals surface area (Å²) in [4.78, 5) is 15.7. The molecule has 6 heteroatoms. The number of pyridine rings is 1. The van der Waals surface area contributed by atoms with E-state index < -0.39 is 7.95 Å². The lowest BCUT2D eigenvalue weighted by Gasteiger charge is -2.00. The van der Waals surface area contributed by atoms with E-state index in [1.807, 2.05) is 24.4 Å². The first-order chi connectivity index (χ1) is 10.5. The summed E-state index contributed by atoms with van der Waals surface area (Å²) < 4.78 is 18.6. The molecule has 5 nitrogen and oxygen atoms in total. The molecule has 2 aromatic rings. The van der Waals surface area contributed by atoms with Crippen LogP contribution in [-0.4, -0.2) is 28.6 Å². The summed E-state index contributed by atoms with van der Waals surface area (Å²) in [6.45, 7) is 5.40. The van der Waals surface area contributed by atoms with Crippen LogP contribution in [-0.2, 0) is 14.1 Å². The van der Waals surface area contributed by atoms with Crippen LogP contribution in [0.5, 0.6) is 0 Å². The number of esters is 1. The molecule has 2 rings (SSSR count). The average Bonchev–Trinajstić information content (AvgIpc) is 2.92. The average molecular weight is 317 g/mol. The van der Waals surface area contributed by atoms with Crippen LogP contribution < -0.4 is 0 Å². The first-order valence-corrected chi connectivity index (χ1v) is 8.58. The molecule has 22 heavy (non-hydrogen) atoms. The molecular formula is C16H18N2O3P+. The summed E-state index contributed by atoms with van der Waals surface area (Å²) in [6, 6.07) is 5.66. The van der Waals surface area contributed by atoms with Crippen LogP contribution in [0.3, 0.4) is 0 Å². The van der Waals surface area contributed by atoms with E-state index in [-0.39, 0.29) is 5.97 Å². The lowest BCUT2D eigenvalue weighted by Crippen LogP contribution is -2.05. The van der Waals surface area contributed by atoms with Crippen LogP contribution in [0.4, 0.5) is 0 Å². The van der Waals surface area contributed by atoms with Gasteiger partial charge in [0, 0.05) is 23.5 Å². The monoisotopic (exact) mass is 317 g/mol. The Labute approximate surface area is 130 Å². The van der Waals surface area contributed by atoms with Gasteiger partial charge in [-0.25, -0.2) is 4.79 Å². The van der Waals surface area contributed by atoms with E-state index in [1.165, 1.54) is 0 Å². The van der Waals surface area contributed by atoms with Crippen molar-refractivity contribution < 1.29 is 14.1 Å². The van der Waals surface area contributed by atoms with Gasteiger partial charge in [-0.1, -0.05) is 0 Å². The SMILES string of the molecule is CCOC(=O)/C(C)=C/c1cc(-c2ccncc2)cn1[P+](C)=O. The molecule has 0 spiro atoms. The van der Waals surface area contributed by atoms with Crippen LogP contribution in [0.1, 0.15) is 19.5 Å². The maximum Gasteiger partial charge on any atom is 0.463 e. The minimum atomic E-state index is -1.59. The Morgan fingerprint density at radius 1 is 1.36 bits per heavy atom. The number of hydrogen-bond acceptors (Lipinski definition) is 4. The topological polar surface area (TPSA) is 61.2 Å². The van der Waals surface area contributed by atoms with Crippen molar-refractivity contribution in [3.8, 4) is 11.1 Å². The number of rotatable bonds is 5. The highest BCUT2D eigenvalue weighted by atomic mass is 31.1. The second-order valence-corrected chi connectivity index (χ2v) is 6.11. The molecule has 0 bridgehead atoms. The zero-order chi connectivity index (χ0) is 16.1. The normalized spacial score (nSPS) is 12.1. The summed E-state index contributed by atoms with van der Waals surface area (Å²) in [5.41, 5.74) is 3.09. The fourth-order valence-electron chi connectivity index (χ4n) is 2.05. The maximum atomic E-state index is 11.9. The van der Waals surface area contributed by atoms with Crippen molar-refractivity contribution in [2.45, 2.75) is 13.8 Å². The first-order valence-electron chi connectivity index (χ1n) is 6.92.